The number of rotatable bonds is 5. The fourth-order valence-electron chi connectivity index (χ4n) is 4.43. The van der Waals surface area contributed by atoms with E-state index in [1.165, 1.54) is 0 Å². The highest BCUT2D eigenvalue weighted by molar-refractivity contribution is 7.99. The van der Waals surface area contributed by atoms with Gasteiger partial charge in [0.1, 0.15) is 0 Å². The molecule has 1 aromatic carbocycles. The van der Waals surface area contributed by atoms with Crippen molar-refractivity contribution in [2.45, 2.75) is 34.7 Å². The number of H-pyrrole nitrogens is 1. The molecule has 1 saturated heterocycles. The van der Waals surface area contributed by atoms with E-state index in [0.717, 1.165) is 40.4 Å². The Morgan fingerprint density at radius 1 is 1.27 bits per heavy atom. The first-order valence-corrected chi connectivity index (χ1v) is 10.7. The number of nitriles is 1. The number of likely N-dealkylation sites (tertiary alicyclic amines) is 1. The number of nitrogens with one attached hydrogen (secondary N) is 2. The number of pyridine rings is 1. The van der Waals surface area contributed by atoms with Crippen LogP contribution in [-0.4, -0.2) is 44.6 Å². The van der Waals surface area contributed by atoms with Crippen molar-refractivity contribution < 1.29 is 4.79 Å². The maximum atomic E-state index is 12.8. The van der Waals surface area contributed by atoms with E-state index in [2.05, 4.69) is 26.7 Å². The first-order chi connectivity index (χ1) is 14.7. The van der Waals surface area contributed by atoms with Crippen LogP contribution in [0, 0.1) is 17.4 Å². The summed E-state index contributed by atoms with van der Waals surface area (Å²) in [7, 11) is 0. The molecule has 150 valence electrons. The lowest BCUT2D eigenvalue weighted by Gasteiger charge is -2.21. The third kappa shape index (κ3) is 3.42. The van der Waals surface area contributed by atoms with Crippen LogP contribution < -0.4 is 5.32 Å². The molecule has 0 radical (unpaired) electrons. The van der Waals surface area contributed by atoms with Crippen LogP contribution in [0.1, 0.15) is 23.3 Å². The zero-order valence-corrected chi connectivity index (χ0v) is 17.0. The van der Waals surface area contributed by atoms with Crippen LogP contribution >= 0.6 is 11.8 Å². The zero-order valence-electron chi connectivity index (χ0n) is 16.2. The highest BCUT2D eigenvalue weighted by Gasteiger charge is 2.47. The van der Waals surface area contributed by atoms with Crippen LogP contribution in [0.15, 0.2) is 64.6 Å². The number of benzene rings is 1. The van der Waals surface area contributed by atoms with Crippen LogP contribution in [-0.2, 0) is 0 Å². The first kappa shape index (κ1) is 18.7. The van der Waals surface area contributed by atoms with Crippen molar-refractivity contribution in [3.63, 3.8) is 0 Å². The van der Waals surface area contributed by atoms with Gasteiger partial charge in [-0.1, -0.05) is 30.0 Å². The molecule has 1 aliphatic heterocycles. The zero-order chi connectivity index (χ0) is 20.5. The van der Waals surface area contributed by atoms with Crippen molar-refractivity contribution in [2.75, 3.05) is 6.54 Å². The molecule has 0 spiro atoms. The summed E-state index contributed by atoms with van der Waals surface area (Å²) in [5.74, 6) is 0.136. The second kappa shape index (κ2) is 7.84. The number of aromatic nitrogens is 3. The molecule has 3 heterocycles. The molecule has 3 aromatic rings. The van der Waals surface area contributed by atoms with Crippen molar-refractivity contribution in [2.24, 2.45) is 5.92 Å². The van der Waals surface area contributed by atoms with Gasteiger partial charge in [-0.2, -0.15) is 10.4 Å². The molecule has 2 N–H and O–H groups in total. The monoisotopic (exact) mass is 416 g/mol. The number of hydrogen-bond donors (Lipinski definition) is 2. The largest absolute Gasteiger partial charge is 0.345 e. The Kier molecular flexibility index (Phi) is 4.89. The van der Waals surface area contributed by atoms with Crippen molar-refractivity contribution in [3.05, 3.63) is 60.6 Å². The van der Waals surface area contributed by atoms with E-state index in [-0.39, 0.29) is 18.0 Å². The fourth-order valence-corrected chi connectivity index (χ4v) is 5.38. The average Bonchev–Trinajstić information content (AvgIpc) is 3.50. The van der Waals surface area contributed by atoms with E-state index >= 15 is 0 Å². The van der Waals surface area contributed by atoms with E-state index in [4.69, 9.17) is 0 Å². The normalized spacial score (nSPS) is 22.1. The van der Waals surface area contributed by atoms with Crippen LogP contribution in [0.2, 0.25) is 0 Å². The molecule has 2 fully saturated rings. The molecule has 2 unspecified atom stereocenters. The maximum Gasteiger partial charge on any atom is 0.272 e. The highest BCUT2D eigenvalue weighted by atomic mass is 32.2. The van der Waals surface area contributed by atoms with E-state index in [9.17, 15) is 10.1 Å². The summed E-state index contributed by atoms with van der Waals surface area (Å²) in [4.78, 5) is 21.0. The molecular weight excluding hydrogens is 396 g/mol. The summed E-state index contributed by atoms with van der Waals surface area (Å²) in [5, 5.41) is 19.6. The number of piperidine rings is 1. The van der Waals surface area contributed by atoms with Gasteiger partial charge >= 0.3 is 0 Å². The van der Waals surface area contributed by atoms with Gasteiger partial charge in [0.15, 0.2) is 11.9 Å². The standard InChI is InChI=1S/C22H20N6OS/c23-13-28-12-14-6-7-19(28)21(14)25-22(29)18-10-17(26-27-18)16-8-9-24-11-20(16)30-15-4-2-1-3-5-15/h1-5,8-11,14,19,21H,6-7,12H2,(H,25,29)(H,26,27)/t14?,19?,21-/m1/s1. The van der Waals surface area contributed by atoms with Crippen LogP contribution in [0.3, 0.4) is 0 Å². The molecule has 2 aromatic heterocycles. The quantitative estimate of drug-likeness (QED) is 0.620. The molecule has 5 rings (SSSR count). The molecule has 8 heteroatoms. The van der Waals surface area contributed by atoms with Gasteiger partial charge in [-0.3, -0.25) is 14.9 Å². The molecule has 1 aliphatic carbocycles. The smallest absolute Gasteiger partial charge is 0.272 e. The Bertz CT molecular complexity index is 1110. The number of amides is 1. The number of carbonyl (C=O) groups is 1. The summed E-state index contributed by atoms with van der Waals surface area (Å²) in [6.07, 6.45) is 7.80. The molecule has 30 heavy (non-hydrogen) atoms. The topological polar surface area (TPSA) is 97.7 Å². The SMILES string of the molecule is N#CN1CC2CCC1[C@@H]2NC(=O)c1cc(-c2ccncc2Sc2ccccc2)[nH]n1. The van der Waals surface area contributed by atoms with Gasteiger partial charge in [0, 0.05) is 34.3 Å². The van der Waals surface area contributed by atoms with Gasteiger partial charge in [0.2, 0.25) is 0 Å². The molecule has 3 atom stereocenters. The molecule has 2 bridgehead atoms. The minimum Gasteiger partial charge on any atom is -0.345 e. The van der Waals surface area contributed by atoms with Gasteiger partial charge in [-0.05, 0) is 43.0 Å². The molecule has 1 amide bonds. The molecule has 7 nitrogen and oxygen atoms in total. The van der Waals surface area contributed by atoms with Crippen LogP contribution in [0.5, 0.6) is 0 Å². The van der Waals surface area contributed by atoms with Crippen LogP contribution in [0.25, 0.3) is 11.3 Å². The Morgan fingerprint density at radius 3 is 2.93 bits per heavy atom. The third-order valence-corrected chi connectivity index (χ3v) is 6.92. The second-order valence-corrected chi connectivity index (χ2v) is 8.73. The lowest BCUT2D eigenvalue weighted by Crippen LogP contribution is -2.42. The van der Waals surface area contributed by atoms with E-state index in [0.29, 0.717) is 11.6 Å². The number of hydrogen-bond acceptors (Lipinski definition) is 6. The van der Waals surface area contributed by atoms with Crippen LogP contribution in [0.4, 0.5) is 0 Å². The Labute approximate surface area is 178 Å². The van der Waals surface area contributed by atoms with Gasteiger partial charge < -0.3 is 10.2 Å². The Morgan fingerprint density at radius 2 is 2.13 bits per heavy atom. The lowest BCUT2D eigenvalue weighted by atomic mass is 10.1. The highest BCUT2D eigenvalue weighted by Crippen LogP contribution is 2.38. The molecular formula is C22H20N6OS. The minimum atomic E-state index is -0.203. The average molecular weight is 417 g/mol. The van der Waals surface area contributed by atoms with E-state index in [1.807, 2.05) is 42.6 Å². The van der Waals surface area contributed by atoms with Crippen molar-refractivity contribution in [1.82, 2.24) is 25.4 Å². The number of nitrogens with zero attached hydrogens (tertiary/aromatic N) is 4. The fraction of sp³-hybridized carbons (Fsp3) is 0.273. The minimum absolute atomic E-state index is 0.0161. The van der Waals surface area contributed by atoms with Crippen molar-refractivity contribution in [1.29, 1.82) is 5.26 Å². The number of carbonyl (C=O) groups excluding carboxylic acids is 1. The van der Waals surface area contributed by atoms with Gasteiger partial charge in [-0.25, -0.2) is 0 Å². The third-order valence-electron chi connectivity index (χ3n) is 5.87. The second-order valence-electron chi connectivity index (χ2n) is 7.61. The first-order valence-electron chi connectivity index (χ1n) is 9.93. The summed E-state index contributed by atoms with van der Waals surface area (Å²) in [6.45, 7) is 0.731. The molecule has 1 saturated carbocycles. The molecule has 2 aliphatic rings. The van der Waals surface area contributed by atoms with Crippen molar-refractivity contribution in [3.8, 4) is 17.5 Å². The van der Waals surface area contributed by atoms with Crippen molar-refractivity contribution >= 4 is 17.7 Å². The van der Waals surface area contributed by atoms with Gasteiger partial charge in [-0.15, -0.1) is 0 Å². The predicted molar refractivity (Wildman–Crippen MR) is 112 cm³/mol. The summed E-state index contributed by atoms with van der Waals surface area (Å²) in [5.41, 5.74) is 2.07. The summed E-state index contributed by atoms with van der Waals surface area (Å²) in [6, 6.07) is 13.9. The Hall–Kier alpha value is -3.31. The van der Waals surface area contributed by atoms with Gasteiger partial charge in [0.05, 0.1) is 17.8 Å². The van der Waals surface area contributed by atoms with Gasteiger partial charge in [0.25, 0.3) is 5.91 Å². The number of aromatic amines is 1. The van der Waals surface area contributed by atoms with E-state index in [1.54, 1.807) is 28.9 Å². The maximum absolute atomic E-state index is 12.8. The predicted octanol–water partition coefficient (Wildman–Crippen LogP) is 3.30. The lowest BCUT2D eigenvalue weighted by molar-refractivity contribution is 0.0924. The Balaban J connectivity index is 1.34. The summed E-state index contributed by atoms with van der Waals surface area (Å²) < 4.78 is 0. The van der Waals surface area contributed by atoms with E-state index < -0.39 is 0 Å². The summed E-state index contributed by atoms with van der Waals surface area (Å²) >= 11 is 1.62. The number of fused-ring (bicyclic) bond motifs is 2.